The van der Waals surface area contributed by atoms with E-state index >= 15 is 0 Å². The van der Waals surface area contributed by atoms with E-state index in [0.717, 1.165) is 13.2 Å². The van der Waals surface area contributed by atoms with Crippen LogP contribution in [0.25, 0.3) is 0 Å². The van der Waals surface area contributed by atoms with Crippen LogP contribution in [0.4, 0.5) is 0 Å². The van der Waals surface area contributed by atoms with Crippen molar-refractivity contribution in [3.63, 3.8) is 0 Å². The van der Waals surface area contributed by atoms with Crippen molar-refractivity contribution >= 4 is 25.8 Å². The van der Waals surface area contributed by atoms with Crippen molar-refractivity contribution in [2.75, 3.05) is 6.26 Å². The number of sulfone groups is 1. The molecule has 0 heterocycles. The molecule has 0 atom stereocenters. The van der Waals surface area contributed by atoms with E-state index in [-0.39, 0.29) is 0 Å². The number of amides is 1. The lowest BCUT2D eigenvalue weighted by Gasteiger charge is -1.96. The van der Waals surface area contributed by atoms with Crippen LogP contribution in [-0.2, 0) is 24.7 Å². The standard InChI is InChI=1S/C5H9NO5S2/c1-5(7)6-13(10,11)4-3-12(2,8)9/h3-4H,1-2H3,(H,6,7)/b4-3-. The number of carbonyl (C=O) groups is 1. The number of nitrogens with one attached hydrogen (secondary N) is 1. The molecule has 0 unspecified atom stereocenters. The van der Waals surface area contributed by atoms with Gasteiger partial charge in [0, 0.05) is 18.6 Å². The van der Waals surface area contributed by atoms with Crippen LogP contribution in [-0.4, -0.2) is 29.0 Å². The quantitative estimate of drug-likeness (QED) is 0.664. The summed E-state index contributed by atoms with van der Waals surface area (Å²) in [4.78, 5) is 10.3. The van der Waals surface area contributed by atoms with E-state index in [1.165, 1.54) is 0 Å². The van der Waals surface area contributed by atoms with E-state index in [4.69, 9.17) is 0 Å². The number of rotatable bonds is 3. The highest BCUT2D eigenvalue weighted by Crippen LogP contribution is 1.91. The summed E-state index contributed by atoms with van der Waals surface area (Å²) in [5, 5.41) is 0.919. The first-order valence-electron chi connectivity index (χ1n) is 3.04. The predicted octanol–water partition coefficient (Wildman–Crippen LogP) is -1.03. The van der Waals surface area contributed by atoms with Gasteiger partial charge in [-0.05, 0) is 0 Å². The van der Waals surface area contributed by atoms with Crippen molar-refractivity contribution in [3.8, 4) is 0 Å². The Morgan fingerprint density at radius 3 is 1.92 bits per heavy atom. The van der Waals surface area contributed by atoms with E-state index in [1.54, 1.807) is 4.72 Å². The van der Waals surface area contributed by atoms with Crippen LogP contribution in [0, 0.1) is 0 Å². The van der Waals surface area contributed by atoms with Gasteiger partial charge < -0.3 is 0 Å². The molecule has 0 rings (SSSR count). The van der Waals surface area contributed by atoms with Gasteiger partial charge in [-0.1, -0.05) is 0 Å². The smallest absolute Gasteiger partial charge is 0.257 e. The van der Waals surface area contributed by atoms with Crippen LogP contribution in [0.3, 0.4) is 0 Å². The van der Waals surface area contributed by atoms with Gasteiger partial charge in [-0.25, -0.2) is 21.6 Å². The molecule has 0 bridgehead atoms. The van der Waals surface area contributed by atoms with E-state index in [2.05, 4.69) is 0 Å². The maximum absolute atomic E-state index is 10.8. The molecule has 1 amide bonds. The monoisotopic (exact) mass is 227 g/mol. The van der Waals surface area contributed by atoms with E-state index in [1.807, 2.05) is 0 Å². The summed E-state index contributed by atoms with van der Waals surface area (Å²) in [7, 11) is -7.48. The summed E-state index contributed by atoms with van der Waals surface area (Å²) in [6, 6.07) is 0. The molecule has 8 heteroatoms. The summed E-state index contributed by atoms with van der Waals surface area (Å²) in [6.45, 7) is 1.01. The van der Waals surface area contributed by atoms with Crippen molar-refractivity contribution in [1.82, 2.24) is 4.72 Å². The van der Waals surface area contributed by atoms with Gasteiger partial charge in [-0.3, -0.25) is 4.79 Å². The molecule has 0 spiro atoms. The zero-order valence-electron chi connectivity index (χ0n) is 7.01. The van der Waals surface area contributed by atoms with Crippen molar-refractivity contribution in [2.24, 2.45) is 0 Å². The van der Waals surface area contributed by atoms with E-state index < -0.39 is 25.8 Å². The third-order valence-corrected chi connectivity index (χ3v) is 2.64. The summed E-state index contributed by atoms with van der Waals surface area (Å²) in [6.07, 6.45) is 0.840. The Kier molecular flexibility index (Phi) is 3.61. The van der Waals surface area contributed by atoms with Crippen LogP contribution in [0.5, 0.6) is 0 Å². The van der Waals surface area contributed by atoms with E-state index in [9.17, 15) is 21.6 Å². The second kappa shape index (κ2) is 3.88. The summed E-state index contributed by atoms with van der Waals surface area (Å²) >= 11 is 0. The highest BCUT2D eigenvalue weighted by Gasteiger charge is 2.07. The van der Waals surface area contributed by atoms with Gasteiger partial charge in [0.05, 0.1) is 5.41 Å². The Balaban J connectivity index is 4.73. The van der Waals surface area contributed by atoms with Crippen molar-refractivity contribution in [1.29, 1.82) is 0 Å². The molecule has 6 nitrogen and oxygen atoms in total. The minimum Gasteiger partial charge on any atom is -0.274 e. The lowest BCUT2D eigenvalue weighted by molar-refractivity contribution is -0.117. The van der Waals surface area contributed by atoms with Gasteiger partial charge in [0.1, 0.15) is 0 Å². The zero-order valence-corrected chi connectivity index (χ0v) is 8.65. The fraction of sp³-hybridized carbons (Fsp3) is 0.400. The van der Waals surface area contributed by atoms with Crippen LogP contribution in [0.15, 0.2) is 10.8 Å². The maximum Gasteiger partial charge on any atom is 0.257 e. The second-order valence-electron chi connectivity index (χ2n) is 2.30. The lowest BCUT2D eigenvalue weighted by Crippen LogP contribution is -2.26. The molecule has 0 aromatic heterocycles. The molecule has 0 aliphatic heterocycles. The predicted molar refractivity (Wildman–Crippen MR) is 46.7 cm³/mol. The van der Waals surface area contributed by atoms with Gasteiger partial charge in [0.25, 0.3) is 10.0 Å². The molecule has 0 radical (unpaired) electrons. The molecular formula is C5H9NO5S2. The molecular weight excluding hydrogens is 218 g/mol. The van der Waals surface area contributed by atoms with Crippen LogP contribution in [0.2, 0.25) is 0 Å². The van der Waals surface area contributed by atoms with Crippen LogP contribution < -0.4 is 4.72 Å². The van der Waals surface area contributed by atoms with Crippen molar-refractivity contribution in [2.45, 2.75) is 6.92 Å². The molecule has 0 aromatic carbocycles. The fourth-order valence-electron chi connectivity index (χ4n) is 0.408. The molecule has 0 aliphatic carbocycles. The first-order chi connectivity index (χ1) is 5.62. The molecule has 1 N–H and O–H groups in total. The molecule has 0 aromatic rings. The van der Waals surface area contributed by atoms with Crippen molar-refractivity contribution in [3.05, 3.63) is 10.8 Å². The summed E-state index contributed by atoms with van der Waals surface area (Å²) in [5.41, 5.74) is 0. The normalized spacial score (nSPS) is 13.1. The van der Waals surface area contributed by atoms with Crippen LogP contribution in [0.1, 0.15) is 6.92 Å². The van der Waals surface area contributed by atoms with E-state index in [0.29, 0.717) is 10.8 Å². The third kappa shape index (κ3) is 7.47. The maximum atomic E-state index is 10.8. The highest BCUT2D eigenvalue weighted by molar-refractivity contribution is 7.96. The van der Waals surface area contributed by atoms with Gasteiger partial charge in [0.15, 0.2) is 9.84 Å². The average Bonchev–Trinajstić information content (AvgIpc) is 1.79. The Morgan fingerprint density at radius 1 is 1.15 bits per heavy atom. The third-order valence-electron chi connectivity index (χ3n) is 0.768. The van der Waals surface area contributed by atoms with Crippen LogP contribution >= 0.6 is 0 Å². The lowest BCUT2D eigenvalue weighted by atomic mass is 10.8. The Morgan fingerprint density at radius 2 is 1.62 bits per heavy atom. The molecule has 0 saturated carbocycles. The Labute approximate surface area is 76.6 Å². The molecule has 13 heavy (non-hydrogen) atoms. The SMILES string of the molecule is CC(=O)NS(=O)(=O)/C=C\S(C)(=O)=O. The summed E-state index contributed by atoms with van der Waals surface area (Å²) < 4.78 is 44.2. The summed E-state index contributed by atoms with van der Waals surface area (Å²) in [5.74, 6) is -0.779. The van der Waals surface area contributed by atoms with Gasteiger partial charge in [-0.2, -0.15) is 0 Å². The van der Waals surface area contributed by atoms with Crippen molar-refractivity contribution < 1.29 is 21.6 Å². The average molecular weight is 227 g/mol. The Bertz CT molecular complexity index is 416. The number of carbonyl (C=O) groups excluding carboxylic acids is 1. The minimum atomic E-state index is -3.97. The number of sulfonamides is 1. The zero-order chi connectivity index (χ0) is 10.7. The molecule has 0 saturated heterocycles. The Hall–Kier alpha value is -0.890. The molecule has 0 fully saturated rings. The minimum absolute atomic E-state index is 0.420. The van der Waals surface area contributed by atoms with Gasteiger partial charge in [-0.15, -0.1) is 0 Å². The van der Waals surface area contributed by atoms with Gasteiger partial charge in [0.2, 0.25) is 5.91 Å². The fourth-order valence-corrected chi connectivity index (χ4v) is 2.27. The number of hydrogen-bond donors (Lipinski definition) is 1. The highest BCUT2D eigenvalue weighted by atomic mass is 32.2. The molecule has 0 aliphatic rings. The molecule has 76 valence electrons. The first kappa shape index (κ1) is 12.1. The topological polar surface area (TPSA) is 97.4 Å². The number of hydrogen-bond acceptors (Lipinski definition) is 5. The van der Waals surface area contributed by atoms with Gasteiger partial charge >= 0.3 is 0 Å². The largest absolute Gasteiger partial charge is 0.274 e. The second-order valence-corrected chi connectivity index (χ2v) is 5.80. The first-order valence-corrected chi connectivity index (χ1v) is 6.54.